The highest BCUT2D eigenvalue weighted by molar-refractivity contribution is 5.92. The first-order valence-electron chi connectivity index (χ1n) is 9.16. The van der Waals surface area contributed by atoms with Crippen molar-refractivity contribution in [1.82, 2.24) is 10.6 Å². The summed E-state index contributed by atoms with van der Waals surface area (Å²) in [4.78, 5) is 47.2. The number of aliphatic carboxylic acids is 1. The van der Waals surface area contributed by atoms with E-state index in [1.807, 2.05) is 0 Å². The number of phenols is 1. The lowest BCUT2D eigenvalue weighted by Gasteiger charge is -2.25. The topological polar surface area (TPSA) is 185 Å². The largest absolute Gasteiger partial charge is 0.508 e. The van der Waals surface area contributed by atoms with Gasteiger partial charge in [0, 0.05) is 12.8 Å². The minimum atomic E-state index is -1.24. The highest BCUT2D eigenvalue weighted by atomic mass is 16.4. The van der Waals surface area contributed by atoms with E-state index in [1.54, 1.807) is 26.0 Å². The Morgan fingerprint density at radius 1 is 1.03 bits per heavy atom. The number of aromatic hydroxyl groups is 1. The zero-order valence-corrected chi connectivity index (χ0v) is 16.4. The van der Waals surface area contributed by atoms with Crippen molar-refractivity contribution in [3.8, 4) is 5.75 Å². The molecule has 8 N–H and O–H groups in total. The second-order valence-corrected chi connectivity index (χ2v) is 7.11. The Morgan fingerprint density at radius 2 is 1.62 bits per heavy atom. The van der Waals surface area contributed by atoms with Crippen LogP contribution in [0.25, 0.3) is 0 Å². The van der Waals surface area contributed by atoms with Crippen LogP contribution >= 0.6 is 0 Å². The summed E-state index contributed by atoms with van der Waals surface area (Å²) in [6.45, 7) is 3.38. The van der Waals surface area contributed by atoms with Gasteiger partial charge in [0.15, 0.2) is 0 Å². The number of benzene rings is 1. The zero-order chi connectivity index (χ0) is 22.1. The van der Waals surface area contributed by atoms with Crippen LogP contribution in [0.15, 0.2) is 24.3 Å². The van der Waals surface area contributed by atoms with Crippen LogP contribution in [-0.2, 0) is 25.6 Å². The van der Waals surface area contributed by atoms with Crippen LogP contribution in [0, 0.1) is 5.92 Å². The third-order valence-electron chi connectivity index (χ3n) is 4.28. The normalized spacial score (nSPS) is 13.9. The molecule has 0 radical (unpaired) electrons. The van der Waals surface area contributed by atoms with Gasteiger partial charge in [0.05, 0.1) is 6.04 Å². The third kappa shape index (κ3) is 8.18. The van der Waals surface area contributed by atoms with Crippen LogP contribution in [0.1, 0.15) is 32.3 Å². The van der Waals surface area contributed by atoms with E-state index >= 15 is 0 Å². The highest BCUT2D eigenvalue weighted by Gasteiger charge is 2.30. The minimum absolute atomic E-state index is 0.00175. The van der Waals surface area contributed by atoms with Crippen LogP contribution in [0.2, 0.25) is 0 Å². The number of carbonyl (C=O) groups is 4. The molecule has 29 heavy (non-hydrogen) atoms. The Kier molecular flexibility index (Phi) is 9.07. The SMILES string of the molecule is CC(C)[C@H](NC(=O)[C@@H](N)CCC(N)=O)C(=O)N[C@@H](Cc1ccc(O)cc1)C(=O)O. The Morgan fingerprint density at radius 3 is 2.10 bits per heavy atom. The van der Waals surface area contributed by atoms with Gasteiger partial charge < -0.3 is 32.3 Å². The predicted octanol–water partition coefficient (Wildman–Crippen LogP) is -0.762. The summed E-state index contributed by atoms with van der Waals surface area (Å²) in [6, 6.07) is 2.68. The number of carbonyl (C=O) groups excluding carboxylic acids is 3. The van der Waals surface area contributed by atoms with E-state index in [4.69, 9.17) is 11.5 Å². The lowest BCUT2D eigenvalue weighted by atomic mass is 10.0. The number of primary amides is 1. The first kappa shape index (κ1) is 23.9. The second kappa shape index (κ2) is 11.0. The quantitative estimate of drug-likeness (QED) is 0.278. The monoisotopic (exact) mass is 408 g/mol. The number of hydrogen-bond acceptors (Lipinski definition) is 6. The van der Waals surface area contributed by atoms with Crippen LogP contribution in [0.3, 0.4) is 0 Å². The van der Waals surface area contributed by atoms with Crippen molar-refractivity contribution < 1.29 is 29.4 Å². The molecule has 0 aromatic heterocycles. The van der Waals surface area contributed by atoms with Gasteiger partial charge in [-0.15, -0.1) is 0 Å². The molecule has 160 valence electrons. The van der Waals surface area contributed by atoms with Crippen molar-refractivity contribution in [2.24, 2.45) is 17.4 Å². The van der Waals surface area contributed by atoms with Crippen LogP contribution < -0.4 is 22.1 Å². The first-order chi connectivity index (χ1) is 13.5. The Bertz CT molecular complexity index is 735. The summed E-state index contributed by atoms with van der Waals surface area (Å²) in [6.07, 6.45) is -0.0364. The zero-order valence-electron chi connectivity index (χ0n) is 16.4. The Balaban J connectivity index is 2.80. The van der Waals surface area contributed by atoms with E-state index in [0.29, 0.717) is 5.56 Å². The standard InChI is InChI=1S/C19H28N4O6/c1-10(2)16(23-17(26)13(20)7-8-15(21)25)18(27)22-14(19(28)29)9-11-3-5-12(24)6-4-11/h3-6,10,13-14,16,24H,7-9,20H2,1-2H3,(H2,21,25)(H,22,27)(H,23,26)(H,28,29)/t13-,14-,16-/m0/s1. The third-order valence-corrected chi connectivity index (χ3v) is 4.28. The van der Waals surface area contributed by atoms with E-state index in [1.165, 1.54) is 12.1 Å². The average molecular weight is 408 g/mol. The molecule has 10 heteroatoms. The van der Waals surface area contributed by atoms with Gasteiger partial charge >= 0.3 is 5.97 Å². The van der Waals surface area contributed by atoms with Gasteiger partial charge in [-0.2, -0.15) is 0 Å². The highest BCUT2D eigenvalue weighted by Crippen LogP contribution is 2.12. The second-order valence-electron chi connectivity index (χ2n) is 7.11. The van der Waals surface area contributed by atoms with Crippen molar-refractivity contribution >= 4 is 23.7 Å². The maximum atomic E-state index is 12.6. The van der Waals surface area contributed by atoms with E-state index in [9.17, 15) is 29.4 Å². The number of carboxylic acids is 1. The summed E-state index contributed by atoms with van der Waals surface area (Å²) in [5, 5.41) is 23.7. The molecule has 3 amide bonds. The molecule has 0 spiro atoms. The van der Waals surface area contributed by atoms with Crippen molar-refractivity contribution in [1.29, 1.82) is 0 Å². The van der Waals surface area contributed by atoms with Crippen molar-refractivity contribution in [3.05, 3.63) is 29.8 Å². The van der Waals surface area contributed by atoms with E-state index in [0.717, 1.165) is 0 Å². The van der Waals surface area contributed by atoms with Crippen molar-refractivity contribution in [2.75, 3.05) is 0 Å². The van der Waals surface area contributed by atoms with Crippen LogP contribution in [0.5, 0.6) is 5.75 Å². The molecule has 10 nitrogen and oxygen atoms in total. The molecule has 0 unspecified atom stereocenters. The van der Waals surface area contributed by atoms with E-state index < -0.39 is 41.8 Å². The molecule has 3 atom stereocenters. The lowest BCUT2D eigenvalue weighted by molar-refractivity contribution is -0.142. The number of carboxylic acid groups (broad SMARTS) is 1. The molecule has 0 heterocycles. The fraction of sp³-hybridized carbons (Fsp3) is 0.474. The molecular formula is C19H28N4O6. The molecule has 0 aliphatic heterocycles. The van der Waals surface area contributed by atoms with Gasteiger partial charge in [-0.1, -0.05) is 26.0 Å². The molecule has 0 saturated heterocycles. The Labute approximate surface area is 168 Å². The lowest BCUT2D eigenvalue weighted by Crippen LogP contribution is -2.56. The molecule has 0 saturated carbocycles. The summed E-state index contributed by atoms with van der Waals surface area (Å²) >= 11 is 0. The van der Waals surface area contributed by atoms with Crippen LogP contribution in [0.4, 0.5) is 0 Å². The smallest absolute Gasteiger partial charge is 0.326 e. The van der Waals surface area contributed by atoms with Gasteiger partial charge in [0.1, 0.15) is 17.8 Å². The van der Waals surface area contributed by atoms with Gasteiger partial charge in [0.2, 0.25) is 17.7 Å². The maximum Gasteiger partial charge on any atom is 0.326 e. The maximum absolute atomic E-state index is 12.6. The van der Waals surface area contributed by atoms with Gasteiger partial charge in [-0.25, -0.2) is 4.79 Å². The molecule has 1 aromatic rings. The van der Waals surface area contributed by atoms with Crippen molar-refractivity contribution in [2.45, 2.75) is 51.2 Å². The molecule has 0 aliphatic carbocycles. The molecule has 0 bridgehead atoms. The Hall–Kier alpha value is -3.14. The number of nitrogens with one attached hydrogen (secondary N) is 2. The van der Waals surface area contributed by atoms with Crippen LogP contribution in [-0.4, -0.2) is 52.0 Å². The van der Waals surface area contributed by atoms with Gasteiger partial charge in [0.25, 0.3) is 0 Å². The van der Waals surface area contributed by atoms with E-state index in [2.05, 4.69) is 10.6 Å². The fourth-order valence-electron chi connectivity index (χ4n) is 2.55. The number of phenolic OH excluding ortho intramolecular Hbond substituents is 1. The number of hydrogen-bond donors (Lipinski definition) is 6. The average Bonchev–Trinajstić information content (AvgIpc) is 2.64. The molecule has 0 aliphatic rings. The number of nitrogens with two attached hydrogens (primary N) is 2. The fourth-order valence-corrected chi connectivity index (χ4v) is 2.55. The summed E-state index contributed by atoms with van der Waals surface area (Å²) in [5.74, 6) is -3.43. The van der Waals surface area contributed by atoms with E-state index in [-0.39, 0.29) is 30.9 Å². The van der Waals surface area contributed by atoms with Gasteiger partial charge in [-0.05, 0) is 30.0 Å². The van der Waals surface area contributed by atoms with Gasteiger partial charge in [-0.3, -0.25) is 14.4 Å². The summed E-state index contributed by atoms with van der Waals surface area (Å²) in [5.41, 5.74) is 11.4. The molecular weight excluding hydrogens is 380 g/mol. The molecule has 1 rings (SSSR count). The van der Waals surface area contributed by atoms with Crippen molar-refractivity contribution in [3.63, 3.8) is 0 Å². The minimum Gasteiger partial charge on any atom is -0.508 e. The molecule has 0 fully saturated rings. The summed E-state index contributed by atoms with van der Waals surface area (Å²) in [7, 11) is 0. The number of amides is 3. The summed E-state index contributed by atoms with van der Waals surface area (Å²) < 4.78 is 0. The predicted molar refractivity (Wildman–Crippen MR) is 105 cm³/mol. The number of rotatable bonds is 11. The first-order valence-corrected chi connectivity index (χ1v) is 9.16. The molecule has 1 aromatic carbocycles.